The summed E-state index contributed by atoms with van der Waals surface area (Å²) in [4.78, 5) is 0. The highest BCUT2D eigenvalue weighted by Gasteiger charge is 2.02. The lowest BCUT2D eigenvalue weighted by atomic mass is 10.2. The quantitative estimate of drug-likeness (QED) is 0.902. The molecule has 20 heavy (non-hydrogen) atoms. The average Bonchev–Trinajstić information content (AvgIpc) is 2.45. The molecule has 0 amide bonds. The van der Waals surface area contributed by atoms with Crippen LogP contribution in [0.2, 0.25) is 0 Å². The Hall–Kier alpha value is -2.54. The molecule has 0 aromatic heterocycles. The van der Waals surface area contributed by atoms with Gasteiger partial charge in [-0.15, -0.1) is 0 Å². The van der Waals surface area contributed by atoms with Gasteiger partial charge >= 0.3 is 0 Å². The molecule has 1 N–H and O–H groups in total. The van der Waals surface area contributed by atoms with Gasteiger partial charge in [0, 0.05) is 6.54 Å². The number of halogens is 1. The first-order valence-electron chi connectivity index (χ1n) is 6.28. The zero-order valence-corrected chi connectivity index (χ0v) is 11.2. The molecule has 0 saturated heterocycles. The molecule has 4 heteroatoms. The third kappa shape index (κ3) is 3.72. The fourth-order valence-electron chi connectivity index (χ4n) is 1.78. The van der Waals surface area contributed by atoms with Crippen LogP contribution >= 0.6 is 0 Å². The minimum Gasteiger partial charge on any atom is -0.479 e. The van der Waals surface area contributed by atoms with Gasteiger partial charge in [-0.25, -0.2) is 4.39 Å². The van der Waals surface area contributed by atoms with E-state index < -0.39 is 0 Å². The Bertz CT molecular complexity index is 617. The van der Waals surface area contributed by atoms with Crippen molar-refractivity contribution in [3.05, 3.63) is 59.4 Å². The third-order valence-electron chi connectivity index (χ3n) is 2.83. The van der Waals surface area contributed by atoms with Gasteiger partial charge in [0.25, 0.3) is 0 Å². The molecule has 0 bridgehead atoms. The third-order valence-corrected chi connectivity index (χ3v) is 2.83. The monoisotopic (exact) mass is 270 g/mol. The maximum Gasteiger partial charge on any atom is 0.174 e. The van der Waals surface area contributed by atoms with Crippen LogP contribution in [0.15, 0.2) is 42.5 Å². The molecule has 2 rings (SSSR count). The number of nitriles is 1. The molecule has 2 aromatic rings. The zero-order valence-electron chi connectivity index (χ0n) is 11.2. The molecule has 0 spiro atoms. The number of benzene rings is 2. The van der Waals surface area contributed by atoms with Crippen LogP contribution in [0.25, 0.3) is 0 Å². The molecular weight excluding hydrogens is 255 g/mol. The van der Waals surface area contributed by atoms with Gasteiger partial charge in [-0.05, 0) is 42.3 Å². The summed E-state index contributed by atoms with van der Waals surface area (Å²) >= 11 is 0. The highest BCUT2D eigenvalue weighted by Crippen LogP contribution is 2.17. The summed E-state index contributed by atoms with van der Waals surface area (Å²) in [6, 6.07) is 14.4. The van der Waals surface area contributed by atoms with Crippen LogP contribution in [0.4, 0.5) is 10.1 Å². The predicted octanol–water partition coefficient (Wildman–Crippen LogP) is 3.65. The lowest BCUT2D eigenvalue weighted by Gasteiger charge is -2.09. The zero-order chi connectivity index (χ0) is 14.4. The number of nitrogens with one attached hydrogen (secondary N) is 1. The van der Waals surface area contributed by atoms with E-state index in [0.29, 0.717) is 18.0 Å². The number of rotatable bonds is 5. The first kappa shape index (κ1) is 13.9. The van der Waals surface area contributed by atoms with Gasteiger partial charge in [0.1, 0.15) is 17.6 Å². The van der Waals surface area contributed by atoms with Crippen LogP contribution in [0.3, 0.4) is 0 Å². The molecule has 102 valence electrons. The second-order valence-electron chi connectivity index (χ2n) is 4.43. The molecule has 3 nitrogen and oxygen atoms in total. The Morgan fingerprint density at radius 2 is 1.95 bits per heavy atom. The summed E-state index contributed by atoms with van der Waals surface area (Å²) < 4.78 is 18.8. The van der Waals surface area contributed by atoms with E-state index in [1.54, 1.807) is 18.2 Å². The fraction of sp³-hybridized carbons (Fsp3) is 0.188. The molecule has 0 fully saturated rings. The van der Waals surface area contributed by atoms with Gasteiger partial charge < -0.3 is 10.1 Å². The number of aryl methyl sites for hydroxylation is 1. The van der Waals surface area contributed by atoms with Crippen molar-refractivity contribution < 1.29 is 9.13 Å². The molecule has 2 aromatic carbocycles. The largest absolute Gasteiger partial charge is 0.479 e. The highest BCUT2D eigenvalue weighted by molar-refractivity contribution is 5.46. The smallest absolute Gasteiger partial charge is 0.174 e. The van der Waals surface area contributed by atoms with Crippen LogP contribution < -0.4 is 10.1 Å². The second kappa shape index (κ2) is 6.58. The van der Waals surface area contributed by atoms with Crippen molar-refractivity contribution in [2.75, 3.05) is 11.9 Å². The van der Waals surface area contributed by atoms with E-state index >= 15 is 0 Å². The number of nitrogens with zero attached hydrogens (tertiary/aromatic N) is 1. The minimum atomic E-state index is -0.251. The standard InChI is InChI=1S/C16H15FN2O/c1-12-2-7-16(15(17)10-12)19-11-13-3-5-14(6-4-13)20-9-8-18/h2-7,10,19H,9,11H2,1H3. The van der Waals surface area contributed by atoms with Crippen molar-refractivity contribution in [3.63, 3.8) is 0 Å². The van der Waals surface area contributed by atoms with E-state index in [1.807, 2.05) is 31.2 Å². The lowest BCUT2D eigenvalue weighted by molar-refractivity contribution is 0.368. The first-order valence-corrected chi connectivity index (χ1v) is 6.28. The topological polar surface area (TPSA) is 45.0 Å². The number of hydrogen-bond donors (Lipinski definition) is 1. The highest BCUT2D eigenvalue weighted by atomic mass is 19.1. The van der Waals surface area contributed by atoms with Crippen molar-refractivity contribution in [2.45, 2.75) is 13.5 Å². The Morgan fingerprint density at radius 3 is 2.60 bits per heavy atom. The van der Waals surface area contributed by atoms with Crippen molar-refractivity contribution >= 4 is 5.69 Å². The maximum atomic E-state index is 13.6. The van der Waals surface area contributed by atoms with Crippen molar-refractivity contribution in [1.29, 1.82) is 5.26 Å². The molecule has 0 unspecified atom stereocenters. The summed E-state index contributed by atoms with van der Waals surface area (Å²) in [7, 11) is 0. The summed E-state index contributed by atoms with van der Waals surface area (Å²) in [5.41, 5.74) is 2.39. The van der Waals surface area contributed by atoms with Crippen molar-refractivity contribution in [1.82, 2.24) is 0 Å². The molecule has 0 aliphatic heterocycles. The summed E-state index contributed by atoms with van der Waals surface area (Å²) in [5, 5.41) is 11.5. The lowest BCUT2D eigenvalue weighted by Crippen LogP contribution is -2.02. The average molecular weight is 270 g/mol. The van der Waals surface area contributed by atoms with E-state index in [0.717, 1.165) is 11.1 Å². The van der Waals surface area contributed by atoms with Crippen LogP contribution in [-0.2, 0) is 6.54 Å². The first-order chi connectivity index (χ1) is 9.69. The van der Waals surface area contributed by atoms with Crippen molar-refractivity contribution in [2.24, 2.45) is 0 Å². The summed E-state index contributed by atoms with van der Waals surface area (Å²) in [5.74, 6) is 0.399. The van der Waals surface area contributed by atoms with Crippen LogP contribution in [-0.4, -0.2) is 6.61 Å². The van der Waals surface area contributed by atoms with Crippen molar-refractivity contribution in [3.8, 4) is 11.8 Å². The van der Waals surface area contributed by atoms with E-state index in [2.05, 4.69) is 5.32 Å². The van der Waals surface area contributed by atoms with Gasteiger partial charge in [0.2, 0.25) is 0 Å². The normalized spacial score (nSPS) is 9.85. The molecule has 0 atom stereocenters. The molecule has 0 heterocycles. The Kier molecular flexibility index (Phi) is 4.56. The Balaban J connectivity index is 1.95. The maximum absolute atomic E-state index is 13.6. The van der Waals surface area contributed by atoms with Crippen LogP contribution in [0.1, 0.15) is 11.1 Å². The van der Waals surface area contributed by atoms with Crippen LogP contribution in [0, 0.1) is 24.1 Å². The van der Waals surface area contributed by atoms with Gasteiger partial charge in [-0.2, -0.15) is 5.26 Å². The number of anilines is 1. The van der Waals surface area contributed by atoms with Gasteiger partial charge in [0.05, 0.1) is 5.69 Å². The fourth-order valence-corrected chi connectivity index (χ4v) is 1.78. The summed E-state index contributed by atoms with van der Waals surface area (Å²) in [6.07, 6.45) is 0. The van der Waals surface area contributed by atoms with E-state index in [4.69, 9.17) is 10.00 Å². The summed E-state index contributed by atoms with van der Waals surface area (Å²) in [6.45, 7) is 2.41. The SMILES string of the molecule is Cc1ccc(NCc2ccc(OCC#N)cc2)c(F)c1. The van der Waals surface area contributed by atoms with Gasteiger partial charge in [-0.3, -0.25) is 0 Å². The molecular formula is C16H15FN2O. The van der Waals surface area contributed by atoms with E-state index in [9.17, 15) is 4.39 Å². The minimum absolute atomic E-state index is 0.0339. The number of hydrogen-bond acceptors (Lipinski definition) is 3. The molecule has 0 aliphatic rings. The van der Waals surface area contributed by atoms with Crippen LogP contribution in [0.5, 0.6) is 5.75 Å². The molecule has 0 aliphatic carbocycles. The van der Waals surface area contributed by atoms with Gasteiger partial charge in [-0.1, -0.05) is 18.2 Å². The Labute approximate surface area is 117 Å². The Morgan fingerprint density at radius 1 is 1.20 bits per heavy atom. The molecule has 0 saturated carbocycles. The van der Waals surface area contributed by atoms with Gasteiger partial charge in [0.15, 0.2) is 6.61 Å². The number of ether oxygens (including phenoxy) is 1. The van der Waals surface area contributed by atoms with E-state index in [-0.39, 0.29) is 12.4 Å². The second-order valence-corrected chi connectivity index (χ2v) is 4.43. The predicted molar refractivity (Wildman–Crippen MR) is 76.0 cm³/mol. The molecule has 0 radical (unpaired) electrons. The van der Waals surface area contributed by atoms with E-state index in [1.165, 1.54) is 6.07 Å².